The molecule has 3 N–H and O–H groups in total. The van der Waals surface area contributed by atoms with Crippen LogP contribution in [0.5, 0.6) is 0 Å². The summed E-state index contributed by atoms with van der Waals surface area (Å²) in [6, 6.07) is 11.2. The first kappa shape index (κ1) is 19.2. The Morgan fingerprint density at radius 1 is 1.24 bits per heavy atom. The van der Waals surface area contributed by atoms with Crippen molar-refractivity contribution in [2.24, 2.45) is 5.92 Å². The number of nitrogens with one attached hydrogen (secondary N) is 3. The highest BCUT2D eigenvalue weighted by Gasteiger charge is 2.20. The standard InChI is InChI=1S/C21H23N5O2S/c1-14-7-8-18-16(9-14)10-19(29-18)20(27)24-25-21(28)22-11-15-12-23-26(13-15)17-5-3-2-4-6-17/h2-6,10,12-14H,7-9,11H2,1H3,(H,24,27)(H2,22,25,28). The van der Waals surface area contributed by atoms with Crippen molar-refractivity contribution in [3.63, 3.8) is 0 Å². The van der Waals surface area contributed by atoms with Gasteiger partial charge in [-0.2, -0.15) is 5.10 Å². The lowest BCUT2D eigenvalue weighted by atomic mass is 9.90. The normalized spacial score (nSPS) is 15.4. The fourth-order valence-corrected chi connectivity index (χ4v) is 4.50. The summed E-state index contributed by atoms with van der Waals surface area (Å²) in [5.41, 5.74) is 7.95. The predicted molar refractivity (Wildman–Crippen MR) is 112 cm³/mol. The molecule has 3 amide bonds. The molecule has 0 spiro atoms. The van der Waals surface area contributed by atoms with Crippen LogP contribution in [0.4, 0.5) is 4.79 Å². The monoisotopic (exact) mass is 409 g/mol. The topological polar surface area (TPSA) is 88.1 Å². The van der Waals surface area contributed by atoms with Gasteiger partial charge in [0.1, 0.15) is 0 Å². The van der Waals surface area contributed by atoms with E-state index in [1.807, 2.05) is 42.6 Å². The van der Waals surface area contributed by atoms with Crippen LogP contribution >= 0.6 is 11.3 Å². The molecule has 0 saturated heterocycles. The third kappa shape index (κ3) is 4.65. The van der Waals surface area contributed by atoms with Crippen LogP contribution in [0.25, 0.3) is 5.69 Å². The van der Waals surface area contributed by atoms with Gasteiger partial charge in [0.15, 0.2) is 0 Å². The average molecular weight is 410 g/mol. The lowest BCUT2D eigenvalue weighted by molar-refractivity contribution is 0.0940. The van der Waals surface area contributed by atoms with Crippen LogP contribution in [0.1, 0.15) is 39.0 Å². The second-order valence-electron chi connectivity index (χ2n) is 7.30. The van der Waals surface area contributed by atoms with E-state index in [1.54, 1.807) is 10.9 Å². The van der Waals surface area contributed by atoms with Gasteiger partial charge < -0.3 is 5.32 Å². The number of thiophene rings is 1. The molecule has 3 aromatic rings. The van der Waals surface area contributed by atoms with E-state index in [0.29, 0.717) is 17.3 Å². The molecule has 1 aliphatic carbocycles. The molecule has 1 aromatic carbocycles. The molecule has 2 aromatic heterocycles. The zero-order chi connectivity index (χ0) is 20.2. The minimum absolute atomic E-state index is 0.288. The molecule has 0 saturated carbocycles. The maximum atomic E-state index is 12.3. The number of benzene rings is 1. The molecule has 1 atom stereocenters. The number of urea groups is 1. The summed E-state index contributed by atoms with van der Waals surface area (Å²) in [5.74, 6) is 0.368. The number of nitrogens with zero attached hydrogens (tertiary/aromatic N) is 2. The third-order valence-corrected chi connectivity index (χ3v) is 6.19. The lowest BCUT2D eigenvalue weighted by Crippen LogP contribution is -2.46. The van der Waals surface area contributed by atoms with Crippen LogP contribution in [-0.2, 0) is 19.4 Å². The van der Waals surface area contributed by atoms with Gasteiger partial charge in [-0.3, -0.25) is 10.2 Å². The Morgan fingerprint density at radius 2 is 2.07 bits per heavy atom. The second kappa shape index (κ2) is 8.48. The zero-order valence-corrected chi connectivity index (χ0v) is 17.0. The number of amides is 3. The number of para-hydroxylation sites is 1. The Labute approximate surface area is 173 Å². The molecule has 1 unspecified atom stereocenters. The summed E-state index contributed by atoms with van der Waals surface area (Å²) in [6.07, 6.45) is 6.76. The first-order valence-corrected chi connectivity index (χ1v) is 10.4. The van der Waals surface area contributed by atoms with Gasteiger partial charge in [0, 0.05) is 23.2 Å². The Balaban J connectivity index is 1.25. The fraction of sp³-hybridized carbons (Fsp3) is 0.286. The van der Waals surface area contributed by atoms with Crippen LogP contribution in [0.2, 0.25) is 0 Å². The second-order valence-corrected chi connectivity index (χ2v) is 8.43. The molecule has 0 fully saturated rings. The Hall–Kier alpha value is -3.13. The fourth-order valence-electron chi connectivity index (χ4n) is 3.39. The van der Waals surface area contributed by atoms with Gasteiger partial charge in [0.25, 0.3) is 5.91 Å². The minimum atomic E-state index is -0.472. The van der Waals surface area contributed by atoms with E-state index < -0.39 is 6.03 Å². The van der Waals surface area contributed by atoms with E-state index in [1.165, 1.54) is 21.8 Å². The van der Waals surface area contributed by atoms with E-state index in [0.717, 1.165) is 30.5 Å². The molecule has 7 nitrogen and oxygen atoms in total. The van der Waals surface area contributed by atoms with Crippen LogP contribution in [-0.4, -0.2) is 21.7 Å². The molecule has 8 heteroatoms. The molecule has 2 heterocycles. The van der Waals surface area contributed by atoms with Crippen molar-refractivity contribution in [1.29, 1.82) is 0 Å². The van der Waals surface area contributed by atoms with Crippen molar-refractivity contribution in [3.8, 4) is 5.69 Å². The van der Waals surface area contributed by atoms with Crippen molar-refractivity contribution in [2.75, 3.05) is 0 Å². The van der Waals surface area contributed by atoms with Gasteiger partial charge in [0.05, 0.1) is 16.8 Å². The van der Waals surface area contributed by atoms with E-state index in [-0.39, 0.29) is 5.91 Å². The molecular formula is C21H23N5O2S. The van der Waals surface area contributed by atoms with Crippen LogP contribution < -0.4 is 16.2 Å². The van der Waals surface area contributed by atoms with Gasteiger partial charge in [-0.15, -0.1) is 11.3 Å². The van der Waals surface area contributed by atoms with Crippen molar-refractivity contribution >= 4 is 23.3 Å². The quantitative estimate of drug-likeness (QED) is 0.578. The molecule has 0 radical (unpaired) electrons. The first-order valence-electron chi connectivity index (χ1n) is 9.63. The highest BCUT2D eigenvalue weighted by Crippen LogP contribution is 2.32. The van der Waals surface area contributed by atoms with Gasteiger partial charge in [-0.05, 0) is 48.9 Å². The number of carbonyl (C=O) groups excluding carboxylic acids is 2. The number of hydrazine groups is 1. The molecule has 150 valence electrons. The Morgan fingerprint density at radius 3 is 2.90 bits per heavy atom. The smallest absolute Gasteiger partial charge is 0.333 e. The van der Waals surface area contributed by atoms with Crippen LogP contribution in [0.15, 0.2) is 48.8 Å². The number of hydrogen-bond donors (Lipinski definition) is 3. The molecule has 4 rings (SSSR count). The van der Waals surface area contributed by atoms with E-state index in [9.17, 15) is 9.59 Å². The summed E-state index contributed by atoms with van der Waals surface area (Å²) in [4.78, 5) is 26.3. The number of aryl methyl sites for hydroxylation is 1. The van der Waals surface area contributed by atoms with E-state index in [4.69, 9.17) is 0 Å². The maximum Gasteiger partial charge on any atom is 0.333 e. The van der Waals surface area contributed by atoms with Crippen molar-refractivity contribution in [2.45, 2.75) is 32.7 Å². The highest BCUT2D eigenvalue weighted by molar-refractivity contribution is 7.14. The largest absolute Gasteiger partial charge is 0.333 e. The van der Waals surface area contributed by atoms with Gasteiger partial charge in [-0.1, -0.05) is 25.1 Å². The van der Waals surface area contributed by atoms with Crippen molar-refractivity contribution < 1.29 is 9.59 Å². The number of rotatable bonds is 4. The maximum absolute atomic E-state index is 12.3. The number of aromatic nitrogens is 2. The molecular weight excluding hydrogens is 386 g/mol. The summed E-state index contributed by atoms with van der Waals surface area (Å²) >= 11 is 1.51. The number of fused-ring (bicyclic) bond motifs is 1. The highest BCUT2D eigenvalue weighted by atomic mass is 32.1. The first-order chi connectivity index (χ1) is 14.1. The molecule has 29 heavy (non-hydrogen) atoms. The van der Waals surface area contributed by atoms with Gasteiger partial charge in [-0.25, -0.2) is 14.9 Å². The van der Waals surface area contributed by atoms with Crippen molar-refractivity contribution in [1.82, 2.24) is 25.9 Å². The zero-order valence-electron chi connectivity index (χ0n) is 16.1. The Bertz CT molecular complexity index is 1010. The third-order valence-electron chi connectivity index (χ3n) is 4.95. The average Bonchev–Trinajstić information content (AvgIpc) is 3.38. The molecule has 0 aliphatic heterocycles. The van der Waals surface area contributed by atoms with Crippen molar-refractivity contribution in [3.05, 3.63) is 69.7 Å². The summed E-state index contributed by atoms with van der Waals surface area (Å²) in [5, 5.41) is 7.00. The van der Waals surface area contributed by atoms with Gasteiger partial charge in [0.2, 0.25) is 0 Å². The predicted octanol–water partition coefficient (Wildman–Crippen LogP) is 3.20. The van der Waals surface area contributed by atoms with Crippen LogP contribution in [0, 0.1) is 5.92 Å². The minimum Gasteiger partial charge on any atom is -0.333 e. The van der Waals surface area contributed by atoms with E-state index in [2.05, 4.69) is 28.2 Å². The number of hydrogen-bond acceptors (Lipinski definition) is 4. The summed E-state index contributed by atoms with van der Waals surface area (Å²) in [7, 11) is 0. The van der Waals surface area contributed by atoms with E-state index >= 15 is 0 Å². The molecule has 1 aliphatic rings. The SMILES string of the molecule is CC1CCc2sc(C(=O)NNC(=O)NCc3cnn(-c4ccccc4)c3)cc2C1. The number of carbonyl (C=O) groups is 2. The lowest BCUT2D eigenvalue weighted by Gasteiger charge is -2.16. The summed E-state index contributed by atoms with van der Waals surface area (Å²) < 4.78 is 1.75. The Kier molecular flexibility index (Phi) is 5.62. The molecule has 0 bridgehead atoms. The summed E-state index contributed by atoms with van der Waals surface area (Å²) in [6.45, 7) is 2.54. The van der Waals surface area contributed by atoms with Crippen LogP contribution in [0.3, 0.4) is 0 Å². The van der Waals surface area contributed by atoms with Gasteiger partial charge >= 0.3 is 6.03 Å².